The lowest BCUT2D eigenvalue weighted by Gasteiger charge is -2.08. The number of oxazole rings is 1. The van der Waals surface area contributed by atoms with Crippen molar-refractivity contribution in [2.24, 2.45) is 10.7 Å². The number of benzene rings is 2. The summed E-state index contributed by atoms with van der Waals surface area (Å²) in [5, 5.41) is 3.46. The molecule has 3 rings (SSSR count). The molecule has 26 heavy (non-hydrogen) atoms. The number of halogens is 2. The number of ether oxygens (including phenoxy) is 1. The summed E-state index contributed by atoms with van der Waals surface area (Å²) in [5.74, 6) is 1.41. The zero-order valence-corrected chi connectivity index (χ0v) is 17.1. The Bertz CT molecular complexity index is 884. The lowest BCUT2D eigenvalue weighted by Crippen LogP contribution is -2.22. The topological polar surface area (TPSA) is 85.7 Å². The van der Waals surface area contributed by atoms with Crippen LogP contribution in [-0.2, 0) is 6.54 Å². The molecule has 0 atom stereocenters. The highest BCUT2D eigenvalue weighted by atomic mass is 127. The van der Waals surface area contributed by atoms with Crippen LogP contribution in [0.5, 0.6) is 5.75 Å². The molecule has 0 aliphatic heterocycles. The number of hydrogen-bond acceptors (Lipinski definition) is 4. The zero-order chi connectivity index (χ0) is 17.6. The van der Waals surface area contributed by atoms with Crippen molar-refractivity contribution in [2.75, 3.05) is 12.4 Å². The van der Waals surface area contributed by atoms with E-state index in [1.54, 1.807) is 31.6 Å². The van der Waals surface area contributed by atoms with Crippen LogP contribution in [0.15, 0.2) is 64.2 Å². The van der Waals surface area contributed by atoms with Crippen LogP contribution < -0.4 is 15.8 Å². The number of anilines is 1. The van der Waals surface area contributed by atoms with Crippen LogP contribution in [0, 0.1) is 0 Å². The average molecular weight is 485 g/mol. The van der Waals surface area contributed by atoms with Gasteiger partial charge in [-0.15, -0.1) is 24.0 Å². The molecule has 3 N–H and O–H groups in total. The number of aromatic nitrogens is 1. The van der Waals surface area contributed by atoms with Crippen LogP contribution in [0.4, 0.5) is 5.69 Å². The van der Waals surface area contributed by atoms with Gasteiger partial charge in [0.2, 0.25) is 5.89 Å². The summed E-state index contributed by atoms with van der Waals surface area (Å²) in [7, 11) is 1.56. The summed E-state index contributed by atoms with van der Waals surface area (Å²) < 4.78 is 10.6. The Morgan fingerprint density at radius 3 is 2.73 bits per heavy atom. The smallest absolute Gasteiger partial charge is 0.226 e. The first-order valence-electron chi connectivity index (χ1n) is 7.56. The molecule has 2 aromatic carbocycles. The number of nitrogens with zero attached hydrogens (tertiary/aromatic N) is 2. The van der Waals surface area contributed by atoms with Gasteiger partial charge in [-0.3, -0.25) is 0 Å². The standard InChI is InChI=1S/C18H17ClN4O2.HI/c1-24-16-8-7-13(9-15(16)19)23-18(20)21-10-14-11-25-17(22-14)12-5-3-2-4-6-12;/h2-9,11H,10H2,1H3,(H3,20,21,23);1H. The first-order chi connectivity index (χ1) is 12.2. The Morgan fingerprint density at radius 1 is 1.27 bits per heavy atom. The maximum atomic E-state index is 6.08. The number of guanidine groups is 1. The van der Waals surface area contributed by atoms with Crippen LogP contribution in [-0.4, -0.2) is 18.1 Å². The maximum absolute atomic E-state index is 6.08. The Kier molecular flexibility index (Phi) is 7.28. The van der Waals surface area contributed by atoms with E-state index in [9.17, 15) is 0 Å². The van der Waals surface area contributed by atoms with E-state index in [2.05, 4.69) is 15.3 Å². The van der Waals surface area contributed by atoms with Crippen LogP contribution in [0.3, 0.4) is 0 Å². The second kappa shape index (κ2) is 9.44. The monoisotopic (exact) mass is 484 g/mol. The summed E-state index contributed by atoms with van der Waals surface area (Å²) in [5.41, 5.74) is 8.22. The summed E-state index contributed by atoms with van der Waals surface area (Å²) in [6.07, 6.45) is 1.57. The molecule has 0 amide bonds. The predicted molar refractivity (Wildman–Crippen MR) is 114 cm³/mol. The SMILES string of the molecule is COc1ccc(NC(N)=NCc2coc(-c3ccccc3)n2)cc1Cl.I. The van der Waals surface area contributed by atoms with Crippen molar-refractivity contribution in [3.05, 3.63) is 65.5 Å². The lowest BCUT2D eigenvalue weighted by atomic mass is 10.2. The van der Waals surface area contributed by atoms with Crippen LogP contribution in [0.25, 0.3) is 11.5 Å². The minimum Gasteiger partial charge on any atom is -0.495 e. The number of methoxy groups -OCH3 is 1. The van der Waals surface area contributed by atoms with Crippen LogP contribution in [0.1, 0.15) is 5.69 Å². The van der Waals surface area contributed by atoms with Crippen molar-refractivity contribution in [1.29, 1.82) is 0 Å². The van der Waals surface area contributed by atoms with Gasteiger partial charge >= 0.3 is 0 Å². The number of aliphatic imine (C=N–C) groups is 1. The molecule has 1 aromatic heterocycles. The molecular weight excluding hydrogens is 467 g/mol. The molecule has 0 bridgehead atoms. The second-order valence-corrected chi connectivity index (χ2v) is 5.59. The van der Waals surface area contributed by atoms with Gasteiger partial charge in [0.15, 0.2) is 5.96 Å². The van der Waals surface area contributed by atoms with Crippen molar-refractivity contribution >= 4 is 47.2 Å². The van der Waals surface area contributed by atoms with E-state index >= 15 is 0 Å². The molecule has 136 valence electrons. The van der Waals surface area contributed by atoms with E-state index in [-0.39, 0.29) is 29.9 Å². The molecule has 6 nitrogen and oxygen atoms in total. The van der Waals surface area contributed by atoms with Gasteiger partial charge in [0.1, 0.15) is 17.7 Å². The van der Waals surface area contributed by atoms with Crippen LogP contribution >= 0.6 is 35.6 Å². The van der Waals surface area contributed by atoms with Gasteiger partial charge in [-0.2, -0.15) is 0 Å². The quantitative estimate of drug-likeness (QED) is 0.315. The van der Waals surface area contributed by atoms with E-state index in [4.69, 9.17) is 26.5 Å². The fraction of sp³-hybridized carbons (Fsp3) is 0.111. The van der Waals surface area contributed by atoms with Crippen molar-refractivity contribution in [2.45, 2.75) is 6.54 Å². The van der Waals surface area contributed by atoms with E-state index in [0.717, 1.165) is 11.3 Å². The Hall–Kier alpha value is -2.26. The normalized spacial score (nSPS) is 10.9. The first kappa shape index (κ1) is 20.1. The van der Waals surface area contributed by atoms with Gasteiger partial charge in [0.05, 0.1) is 18.7 Å². The largest absolute Gasteiger partial charge is 0.495 e. The third-order valence-corrected chi connectivity index (χ3v) is 3.70. The number of rotatable bonds is 5. The molecule has 0 spiro atoms. The van der Waals surface area contributed by atoms with Gasteiger partial charge in [-0.25, -0.2) is 9.98 Å². The Labute approximate surface area is 173 Å². The predicted octanol–water partition coefficient (Wildman–Crippen LogP) is 4.55. The molecule has 0 saturated heterocycles. The van der Waals surface area contributed by atoms with E-state index in [0.29, 0.717) is 28.9 Å². The first-order valence-corrected chi connectivity index (χ1v) is 7.94. The molecule has 0 aliphatic carbocycles. The molecule has 0 radical (unpaired) electrons. The highest BCUT2D eigenvalue weighted by Crippen LogP contribution is 2.27. The van der Waals surface area contributed by atoms with Gasteiger partial charge in [0.25, 0.3) is 0 Å². The molecule has 0 fully saturated rings. The maximum Gasteiger partial charge on any atom is 0.226 e. The highest BCUT2D eigenvalue weighted by Gasteiger charge is 2.06. The minimum absolute atomic E-state index is 0. The fourth-order valence-corrected chi connectivity index (χ4v) is 2.45. The van der Waals surface area contributed by atoms with Crippen LogP contribution in [0.2, 0.25) is 5.02 Å². The summed E-state index contributed by atoms with van der Waals surface area (Å²) in [4.78, 5) is 8.66. The molecule has 3 aromatic rings. The molecule has 0 saturated carbocycles. The van der Waals surface area contributed by atoms with Gasteiger partial charge < -0.3 is 20.2 Å². The second-order valence-electron chi connectivity index (χ2n) is 5.19. The number of nitrogens with two attached hydrogens (primary N) is 1. The number of hydrogen-bond donors (Lipinski definition) is 2. The lowest BCUT2D eigenvalue weighted by molar-refractivity contribution is 0.415. The van der Waals surface area contributed by atoms with Gasteiger partial charge in [0, 0.05) is 11.3 Å². The van der Waals surface area contributed by atoms with Gasteiger partial charge in [-0.05, 0) is 30.3 Å². The van der Waals surface area contributed by atoms with Crippen molar-refractivity contribution in [3.63, 3.8) is 0 Å². The van der Waals surface area contributed by atoms with E-state index in [1.165, 1.54) is 0 Å². The third-order valence-electron chi connectivity index (χ3n) is 3.41. The minimum atomic E-state index is 0. The van der Waals surface area contributed by atoms with Gasteiger partial charge in [-0.1, -0.05) is 29.8 Å². The zero-order valence-electron chi connectivity index (χ0n) is 14.0. The molecule has 8 heteroatoms. The third kappa shape index (κ3) is 5.12. The molecule has 0 aliphatic rings. The molecular formula is C18H18ClIN4O2. The summed E-state index contributed by atoms with van der Waals surface area (Å²) >= 11 is 6.08. The fourth-order valence-electron chi connectivity index (χ4n) is 2.19. The average Bonchev–Trinajstić information content (AvgIpc) is 3.10. The van der Waals surface area contributed by atoms with Crippen molar-refractivity contribution in [3.8, 4) is 17.2 Å². The highest BCUT2D eigenvalue weighted by molar-refractivity contribution is 14.0. The van der Waals surface area contributed by atoms with E-state index in [1.807, 2.05) is 30.3 Å². The Balaban J connectivity index is 0.00000243. The molecule has 1 heterocycles. The van der Waals surface area contributed by atoms with Crippen molar-refractivity contribution in [1.82, 2.24) is 4.98 Å². The summed E-state index contributed by atoms with van der Waals surface area (Å²) in [6, 6.07) is 14.9. The Morgan fingerprint density at radius 2 is 2.04 bits per heavy atom. The molecule has 0 unspecified atom stereocenters. The van der Waals surface area contributed by atoms with E-state index < -0.39 is 0 Å². The number of nitrogens with one attached hydrogen (secondary N) is 1. The van der Waals surface area contributed by atoms with Crippen molar-refractivity contribution < 1.29 is 9.15 Å². The summed E-state index contributed by atoms with van der Waals surface area (Å²) in [6.45, 7) is 0.305.